The van der Waals surface area contributed by atoms with Crippen molar-refractivity contribution >= 4 is 17.5 Å². The Bertz CT molecular complexity index is 1200. The van der Waals surface area contributed by atoms with Crippen molar-refractivity contribution in [2.24, 2.45) is 0 Å². The van der Waals surface area contributed by atoms with Crippen LogP contribution < -0.4 is 15.4 Å². The summed E-state index contributed by atoms with van der Waals surface area (Å²) in [5.74, 6) is 0.0270. The topological polar surface area (TPSA) is 89.1 Å². The molecule has 39 heavy (non-hydrogen) atoms. The lowest BCUT2D eigenvalue weighted by atomic mass is 10.2. The van der Waals surface area contributed by atoms with Gasteiger partial charge < -0.3 is 24.8 Å². The summed E-state index contributed by atoms with van der Waals surface area (Å²) >= 11 is 0. The molecule has 1 aliphatic rings. The minimum Gasteiger partial charge on any atom is -0.457 e. The summed E-state index contributed by atoms with van der Waals surface area (Å²) in [6.45, 7) is 5.73. The smallest absolute Gasteiger partial charge is 0.249 e. The third-order valence-electron chi connectivity index (χ3n) is 6.08. The molecule has 0 saturated carbocycles. The molecule has 8 nitrogen and oxygen atoms in total. The van der Waals surface area contributed by atoms with E-state index in [2.05, 4.69) is 10.6 Å². The number of morpholine rings is 1. The summed E-state index contributed by atoms with van der Waals surface area (Å²) in [5, 5.41) is 5.68. The van der Waals surface area contributed by atoms with Gasteiger partial charge in [0.1, 0.15) is 23.4 Å². The first-order chi connectivity index (χ1) is 18.8. The minimum atomic E-state index is -0.896. The molecular formula is C30H34FN3O5. The number of carbonyl (C=O) groups is 2. The van der Waals surface area contributed by atoms with E-state index in [4.69, 9.17) is 14.2 Å². The number of hydrogen-bond donors (Lipinski definition) is 2. The Kier molecular flexibility index (Phi) is 10.0. The van der Waals surface area contributed by atoms with Crippen molar-refractivity contribution in [1.82, 2.24) is 10.2 Å². The van der Waals surface area contributed by atoms with Crippen LogP contribution in [0.4, 0.5) is 10.1 Å². The van der Waals surface area contributed by atoms with Crippen molar-refractivity contribution in [3.63, 3.8) is 0 Å². The number of hydrogen-bond acceptors (Lipinski definition) is 6. The van der Waals surface area contributed by atoms with Gasteiger partial charge in [0.2, 0.25) is 11.8 Å². The van der Waals surface area contributed by atoms with Crippen molar-refractivity contribution in [3.05, 3.63) is 90.2 Å². The average molecular weight is 536 g/mol. The maximum Gasteiger partial charge on any atom is 0.249 e. The first-order valence-corrected chi connectivity index (χ1v) is 13.0. The number of halogens is 1. The zero-order valence-electron chi connectivity index (χ0n) is 22.1. The number of rotatable bonds is 11. The SMILES string of the molecule is CC1CN(CC(=O)NC(COCc2ccccc2)C(=O)Nc2ccc(Oc3ccc(F)cc3)cc2)CC(C)O1. The molecule has 2 amide bonds. The molecule has 3 unspecified atom stereocenters. The zero-order valence-corrected chi connectivity index (χ0v) is 22.1. The zero-order chi connectivity index (χ0) is 27.6. The number of nitrogens with one attached hydrogen (secondary N) is 2. The van der Waals surface area contributed by atoms with Crippen LogP contribution in [0.3, 0.4) is 0 Å². The van der Waals surface area contributed by atoms with Gasteiger partial charge in [0.05, 0.1) is 32.0 Å². The lowest BCUT2D eigenvalue weighted by Crippen LogP contribution is -2.53. The number of anilines is 1. The first-order valence-electron chi connectivity index (χ1n) is 13.0. The third-order valence-corrected chi connectivity index (χ3v) is 6.08. The van der Waals surface area contributed by atoms with Crippen molar-refractivity contribution in [1.29, 1.82) is 0 Å². The lowest BCUT2D eigenvalue weighted by Gasteiger charge is -2.35. The fourth-order valence-corrected chi connectivity index (χ4v) is 4.38. The second-order valence-electron chi connectivity index (χ2n) is 9.64. The predicted octanol–water partition coefficient (Wildman–Crippen LogP) is 4.37. The highest BCUT2D eigenvalue weighted by Crippen LogP contribution is 2.23. The predicted molar refractivity (Wildman–Crippen MR) is 146 cm³/mol. The lowest BCUT2D eigenvalue weighted by molar-refractivity contribution is -0.131. The molecule has 3 aromatic rings. The highest BCUT2D eigenvalue weighted by Gasteiger charge is 2.26. The second kappa shape index (κ2) is 13.8. The van der Waals surface area contributed by atoms with E-state index in [9.17, 15) is 14.0 Å². The molecule has 2 N–H and O–H groups in total. The average Bonchev–Trinajstić information content (AvgIpc) is 2.90. The van der Waals surface area contributed by atoms with Gasteiger partial charge >= 0.3 is 0 Å². The number of carbonyl (C=O) groups excluding carboxylic acids is 2. The number of nitrogens with zero attached hydrogens (tertiary/aromatic N) is 1. The molecule has 206 valence electrons. The van der Waals surface area contributed by atoms with Gasteiger partial charge in [0, 0.05) is 18.8 Å². The molecule has 1 heterocycles. The van der Waals surface area contributed by atoms with Crippen molar-refractivity contribution in [3.8, 4) is 11.5 Å². The van der Waals surface area contributed by atoms with Gasteiger partial charge in [-0.05, 0) is 67.9 Å². The molecule has 1 aliphatic heterocycles. The summed E-state index contributed by atoms with van der Waals surface area (Å²) in [4.78, 5) is 28.1. The third kappa shape index (κ3) is 9.17. The van der Waals surface area contributed by atoms with Gasteiger partial charge in [-0.15, -0.1) is 0 Å². The van der Waals surface area contributed by atoms with E-state index in [1.54, 1.807) is 24.3 Å². The molecule has 3 atom stereocenters. The maximum atomic E-state index is 13.2. The fraction of sp³-hybridized carbons (Fsp3) is 0.333. The molecule has 0 radical (unpaired) electrons. The van der Waals surface area contributed by atoms with Crippen LogP contribution in [0, 0.1) is 5.82 Å². The normalized spacial score (nSPS) is 18.2. The van der Waals surface area contributed by atoms with Gasteiger partial charge in [0.25, 0.3) is 0 Å². The number of ether oxygens (including phenoxy) is 3. The van der Waals surface area contributed by atoms with E-state index in [0.717, 1.165) is 5.56 Å². The van der Waals surface area contributed by atoms with Crippen LogP contribution in [0.5, 0.6) is 11.5 Å². The Morgan fingerprint density at radius 3 is 2.21 bits per heavy atom. The number of benzene rings is 3. The van der Waals surface area contributed by atoms with Gasteiger partial charge in [-0.25, -0.2) is 4.39 Å². The van der Waals surface area contributed by atoms with E-state index < -0.39 is 11.9 Å². The molecule has 3 aromatic carbocycles. The van der Waals surface area contributed by atoms with Crippen LogP contribution in [0.15, 0.2) is 78.9 Å². The quantitative estimate of drug-likeness (QED) is 0.379. The molecule has 0 spiro atoms. The maximum absolute atomic E-state index is 13.2. The van der Waals surface area contributed by atoms with Crippen LogP contribution in [0.2, 0.25) is 0 Å². The Balaban J connectivity index is 1.36. The second-order valence-corrected chi connectivity index (χ2v) is 9.64. The Morgan fingerprint density at radius 2 is 1.56 bits per heavy atom. The largest absolute Gasteiger partial charge is 0.457 e. The molecule has 0 bridgehead atoms. The summed E-state index contributed by atoms with van der Waals surface area (Å²) in [7, 11) is 0. The van der Waals surface area contributed by atoms with E-state index in [0.29, 0.717) is 36.9 Å². The van der Waals surface area contributed by atoms with Crippen LogP contribution in [-0.2, 0) is 25.7 Å². The highest BCUT2D eigenvalue weighted by atomic mass is 19.1. The summed E-state index contributed by atoms with van der Waals surface area (Å²) in [6, 6.07) is 21.2. The van der Waals surface area contributed by atoms with Gasteiger partial charge in [0.15, 0.2) is 0 Å². The summed E-state index contributed by atoms with van der Waals surface area (Å²) in [6.07, 6.45) is 0.0646. The van der Waals surface area contributed by atoms with E-state index >= 15 is 0 Å². The Hall–Kier alpha value is -3.79. The van der Waals surface area contributed by atoms with Gasteiger partial charge in [-0.2, -0.15) is 0 Å². The van der Waals surface area contributed by atoms with Crippen LogP contribution in [-0.4, -0.2) is 61.2 Å². The van der Waals surface area contributed by atoms with Gasteiger partial charge in [-0.1, -0.05) is 30.3 Å². The Morgan fingerprint density at radius 1 is 0.949 bits per heavy atom. The van der Waals surface area contributed by atoms with Crippen LogP contribution >= 0.6 is 0 Å². The van der Waals surface area contributed by atoms with Crippen molar-refractivity contribution in [2.75, 3.05) is 31.6 Å². The molecule has 1 fully saturated rings. The summed E-state index contributed by atoms with van der Waals surface area (Å²) in [5.41, 5.74) is 1.50. The Labute approximate surface area is 228 Å². The van der Waals surface area contributed by atoms with E-state index in [1.165, 1.54) is 24.3 Å². The molecular weight excluding hydrogens is 501 g/mol. The number of amides is 2. The highest BCUT2D eigenvalue weighted by molar-refractivity contribution is 5.97. The van der Waals surface area contributed by atoms with Crippen molar-refractivity contribution in [2.45, 2.75) is 38.7 Å². The fourth-order valence-electron chi connectivity index (χ4n) is 4.38. The molecule has 0 aromatic heterocycles. The van der Waals surface area contributed by atoms with Crippen LogP contribution in [0.25, 0.3) is 0 Å². The summed E-state index contributed by atoms with van der Waals surface area (Å²) < 4.78 is 30.4. The van der Waals surface area contributed by atoms with E-state index in [-0.39, 0.29) is 37.1 Å². The van der Waals surface area contributed by atoms with Crippen LogP contribution in [0.1, 0.15) is 19.4 Å². The first kappa shape index (κ1) is 28.2. The van der Waals surface area contributed by atoms with Gasteiger partial charge in [-0.3, -0.25) is 14.5 Å². The molecule has 4 rings (SSSR count). The van der Waals surface area contributed by atoms with E-state index in [1.807, 2.05) is 49.1 Å². The standard InChI is InChI=1S/C30H34FN3O5/c1-21-16-34(17-22(2)38-21)18-29(35)33-28(20-37-19-23-6-4-3-5-7-23)30(36)32-25-10-14-27(15-11-25)39-26-12-8-24(31)9-13-26/h3-15,21-22,28H,16-20H2,1-2H3,(H,32,36)(H,33,35). The minimum absolute atomic E-state index is 0.00808. The molecule has 0 aliphatic carbocycles. The molecule has 9 heteroatoms. The monoisotopic (exact) mass is 535 g/mol. The molecule has 1 saturated heterocycles. The van der Waals surface area contributed by atoms with Crippen molar-refractivity contribution < 1.29 is 28.2 Å².